The Morgan fingerprint density at radius 3 is 2.21 bits per heavy atom. The lowest BCUT2D eigenvalue weighted by Crippen LogP contribution is -2.02. The number of aryl methyl sites for hydroxylation is 2. The van der Waals surface area contributed by atoms with Crippen molar-refractivity contribution in [3.63, 3.8) is 0 Å². The minimum absolute atomic E-state index is 0.349. The molecule has 0 bridgehead atoms. The van der Waals surface area contributed by atoms with Crippen LogP contribution in [0.3, 0.4) is 0 Å². The first-order valence-corrected chi connectivity index (χ1v) is 7.06. The molecular formula is C16H16Cl2O. The Morgan fingerprint density at radius 2 is 1.58 bits per heavy atom. The molecule has 1 nitrogen and oxygen atoms in total. The van der Waals surface area contributed by atoms with Crippen LogP contribution in [-0.2, 0) is 12.5 Å². The quantitative estimate of drug-likeness (QED) is 0.698. The lowest BCUT2D eigenvalue weighted by molar-refractivity contribution is 0.302. The van der Waals surface area contributed by atoms with Crippen molar-refractivity contribution in [1.82, 2.24) is 0 Å². The zero-order valence-electron chi connectivity index (χ0n) is 11.0. The van der Waals surface area contributed by atoms with E-state index in [9.17, 15) is 0 Å². The van der Waals surface area contributed by atoms with E-state index in [0.717, 1.165) is 11.3 Å². The summed E-state index contributed by atoms with van der Waals surface area (Å²) in [6, 6.07) is 11.8. The van der Waals surface area contributed by atoms with Crippen molar-refractivity contribution in [3.8, 4) is 5.75 Å². The molecular weight excluding hydrogens is 279 g/mol. The van der Waals surface area contributed by atoms with Gasteiger partial charge in [0.15, 0.2) is 0 Å². The van der Waals surface area contributed by atoms with Gasteiger partial charge in [0.1, 0.15) is 12.4 Å². The van der Waals surface area contributed by atoms with E-state index in [1.54, 1.807) is 0 Å². The molecule has 0 aliphatic rings. The first kappa shape index (κ1) is 14.2. The zero-order chi connectivity index (χ0) is 13.8. The van der Waals surface area contributed by atoms with Gasteiger partial charge in [0.2, 0.25) is 0 Å². The van der Waals surface area contributed by atoms with E-state index in [-0.39, 0.29) is 0 Å². The fourth-order valence-corrected chi connectivity index (χ4v) is 2.61. The number of alkyl halides is 1. The molecule has 0 amide bonds. The van der Waals surface area contributed by atoms with Gasteiger partial charge < -0.3 is 4.74 Å². The Bertz CT molecular complexity index is 559. The summed E-state index contributed by atoms with van der Waals surface area (Å²) in [5, 5.41) is 0.647. The lowest BCUT2D eigenvalue weighted by atomic mass is 10.0. The number of ether oxygens (including phenoxy) is 1. The van der Waals surface area contributed by atoms with Gasteiger partial charge in [-0.05, 0) is 42.7 Å². The summed E-state index contributed by atoms with van der Waals surface area (Å²) >= 11 is 12.0. The van der Waals surface area contributed by atoms with Crippen molar-refractivity contribution < 1.29 is 4.74 Å². The highest BCUT2D eigenvalue weighted by molar-refractivity contribution is 6.32. The molecule has 0 fully saturated rings. The van der Waals surface area contributed by atoms with Crippen LogP contribution in [0.15, 0.2) is 36.4 Å². The predicted octanol–water partition coefficient (Wildman–Crippen LogP) is 5.27. The van der Waals surface area contributed by atoms with E-state index in [1.807, 2.05) is 18.2 Å². The maximum atomic E-state index is 6.11. The van der Waals surface area contributed by atoms with Crippen LogP contribution in [0.1, 0.15) is 22.3 Å². The van der Waals surface area contributed by atoms with Crippen LogP contribution in [-0.4, -0.2) is 0 Å². The highest BCUT2D eigenvalue weighted by Crippen LogP contribution is 2.29. The number of halogens is 2. The van der Waals surface area contributed by atoms with E-state index in [1.165, 1.54) is 16.7 Å². The Hall–Kier alpha value is -1.18. The maximum Gasteiger partial charge on any atom is 0.125 e. The molecule has 19 heavy (non-hydrogen) atoms. The minimum atomic E-state index is 0.349. The summed E-state index contributed by atoms with van der Waals surface area (Å²) in [4.78, 5) is 0. The molecule has 0 aliphatic heterocycles. The molecule has 2 rings (SSSR count). The van der Waals surface area contributed by atoms with Crippen LogP contribution >= 0.6 is 23.2 Å². The third kappa shape index (κ3) is 3.23. The Kier molecular flexibility index (Phi) is 4.73. The first-order valence-electron chi connectivity index (χ1n) is 6.14. The molecule has 0 saturated heterocycles. The Labute approximate surface area is 124 Å². The third-order valence-electron chi connectivity index (χ3n) is 3.23. The second-order valence-electron chi connectivity index (χ2n) is 4.51. The third-order valence-corrected chi connectivity index (χ3v) is 3.85. The molecule has 0 atom stereocenters. The Morgan fingerprint density at radius 1 is 0.947 bits per heavy atom. The molecule has 0 radical (unpaired) electrons. The van der Waals surface area contributed by atoms with E-state index in [0.29, 0.717) is 17.5 Å². The molecule has 3 heteroatoms. The molecule has 0 unspecified atom stereocenters. The highest BCUT2D eigenvalue weighted by atomic mass is 35.5. The molecule has 0 aromatic heterocycles. The zero-order valence-corrected chi connectivity index (χ0v) is 12.6. The van der Waals surface area contributed by atoms with Gasteiger partial charge >= 0.3 is 0 Å². The van der Waals surface area contributed by atoms with Crippen LogP contribution in [0.4, 0.5) is 0 Å². The average molecular weight is 295 g/mol. The number of rotatable bonds is 4. The largest absolute Gasteiger partial charge is 0.489 e. The second-order valence-corrected chi connectivity index (χ2v) is 5.18. The van der Waals surface area contributed by atoms with Gasteiger partial charge in [-0.2, -0.15) is 0 Å². The minimum Gasteiger partial charge on any atom is -0.489 e. The van der Waals surface area contributed by atoms with Crippen LogP contribution < -0.4 is 4.74 Å². The fraction of sp³-hybridized carbons (Fsp3) is 0.250. The standard InChI is InChI=1S/C16H16Cl2O/c1-11-5-3-6-12(2)14(11)10-19-16-8-4-7-15(18)13(16)9-17/h3-8H,9-10H2,1-2H3. The monoisotopic (exact) mass is 294 g/mol. The fourth-order valence-electron chi connectivity index (χ4n) is 2.03. The SMILES string of the molecule is Cc1cccc(C)c1COc1cccc(Cl)c1CCl. The molecule has 0 N–H and O–H groups in total. The normalized spacial score (nSPS) is 10.5. The van der Waals surface area contributed by atoms with E-state index < -0.39 is 0 Å². The van der Waals surface area contributed by atoms with E-state index in [4.69, 9.17) is 27.9 Å². The molecule has 0 heterocycles. The van der Waals surface area contributed by atoms with Gasteiger partial charge in [-0.15, -0.1) is 11.6 Å². The van der Waals surface area contributed by atoms with Crippen LogP contribution in [0.5, 0.6) is 5.75 Å². The average Bonchev–Trinajstić information content (AvgIpc) is 2.38. The lowest BCUT2D eigenvalue weighted by Gasteiger charge is -2.14. The molecule has 0 saturated carbocycles. The van der Waals surface area contributed by atoms with Crippen molar-refractivity contribution >= 4 is 23.2 Å². The summed E-state index contributed by atoms with van der Waals surface area (Å²) in [5.74, 6) is 1.10. The summed E-state index contributed by atoms with van der Waals surface area (Å²) in [6.07, 6.45) is 0. The first-order chi connectivity index (χ1) is 9.13. The molecule has 0 spiro atoms. The van der Waals surface area contributed by atoms with Crippen molar-refractivity contribution in [2.24, 2.45) is 0 Å². The van der Waals surface area contributed by atoms with Crippen molar-refractivity contribution in [1.29, 1.82) is 0 Å². The molecule has 0 aliphatic carbocycles. The summed E-state index contributed by atoms with van der Waals surface area (Å²) in [7, 11) is 0. The smallest absolute Gasteiger partial charge is 0.125 e. The maximum absolute atomic E-state index is 6.11. The highest BCUT2D eigenvalue weighted by Gasteiger charge is 2.09. The van der Waals surface area contributed by atoms with Crippen molar-refractivity contribution in [2.75, 3.05) is 0 Å². The van der Waals surface area contributed by atoms with Crippen LogP contribution in [0, 0.1) is 13.8 Å². The second kappa shape index (κ2) is 6.31. The summed E-state index contributed by atoms with van der Waals surface area (Å²) in [6.45, 7) is 4.71. The molecule has 2 aromatic carbocycles. The molecule has 2 aromatic rings. The van der Waals surface area contributed by atoms with E-state index in [2.05, 4.69) is 32.0 Å². The summed E-state index contributed by atoms with van der Waals surface area (Å²) in [5.41, 5.74) is 4.52. The van der Waals surface area contributed by atoms with Gasteiger partial charge in [-0.3, -0.25) is 0 Å². The van der Waals surface area contributed by atoms with Crippen LogP contribution in [0.2, 0.25) is 5.02 Å². The number of hydrogen-bond acceptors (Lipinski definition) is 1. The number of benzene rings is 2. The van der Waals surface area contributed by atoms with Gasteiger partial charge in [0, 0.05) is 10.6 Å². The predicted molar refractivity (Wildman–Crippen MR) is 81.3 cm³/mol. The topological polar surface area (TPSA) is 9.23 Å². The van der Waals surface area contributed by atoms with Gasteiger partial charge in [-0.1, -0.05) is 35.9 Å². The molecule has 100 valence electrons. The van der Waals surface area contributed by atoms with Crippen LogP contribution in [0.25, 0.3) is 0 Å². The number of hydrogen-bond donors (Lipinski definition) is 0. The van der Waals surface area contributed by atoms with Gasteiger partial charge in [0.25, 0.3) is 0 Å². The van der Waals surface area contributed by atoms with E-state index >= 15 is 0 Å². The van der Waals surface area contributed by atoms with Gasteiger partial charge in [-0.25, -0.2) is 0 Å². The van der Waals surface area contributed by atoms with Gasteiger partial charge in [0.05, 0.1) is 5.88 Å². The van der Waals surface area contributed by atoms with Crippen molar-refractivity contribution in [3.05, 3.63) is 63.7 Å². The summed E-state index contributed by atoms with van der Waals surface area (Å²) < 4.78 is 5.89. The Balaban J connectivity index is 2.22. The van der Waals surface area contributed by atoms with Crippen molar-refractivity contribution in [2.45, 2.75) is 26.3 Å².